The molecule has 1 heterocycles. The zero-order chi connectivity index (χ0) is 19.4. The maximum atomic E-state index is 12.9. The van der Waals surface area contributed by atoms with Crippen LogP contribution >= 0.6 is 11.3 Å². The van der Waals surface area contributed by atoms with Crippen LogP contribution in [-0.4, -0.2) is 32.1 Å². The lowest BCUT2D eigenvalue weighted by Crippen LogP contribution is -2.03. The summed E-state index contributed by atoms with van der Waals surface area (Å²) in [5.74, 6) is 1.61. The fraction of sp³-hybridized carbons (Fsp3) is 0.158. The summed E-state index contributed by atoms with van der Waals surface area (Å²) in [4.78, 5) is 17.5. The van der Waals surface area contributed by atoms with Crippen molar-refractivity contribution in [3.63, 3.8) is 0 Å². The molecule has 0 unspecified atom stereocenters. The number of nitrogens with two attached hydrogens (primary N) is 1. The summed E-state index contributed by atoms with van der Waals surface area (Å²) in [6.07, 6.45) is 0. The van der Waals surface area contributed by atoms with Crippen molar-refractivity contribution in [1.82, 2.24) is 4.98 Å². The fourth-order valence-corrected chi connectivity index (χ4v) is 3.38. The van der Waals surface area contributed by atoms with Crippen LogP contribution in [0.15, 0.2) is 42.5 Å². The Balaban J connectivity index is 1.89. The lowest BCUT2D eigenvalue weighted by Gasteiger charge is -2.08. The van der Waals surface area contributed by atoms with Crippen LogP contribution in [0, 0.1) is 0 Å². The van der Waals surface area contributed by atoms with Crippen LogP contribution in [0.1, 0.15) is 15.2 Å². The van der Waals surface area contributed by atoms with Gasteiger partial charge in [0.2, 0.25) is 5.78 Å². The summed E-state index contributed by atoms with van der Waals surface area (Å²) in [5, 5.41) is 3.64. The van der Waals surface area contributed by atoms with Gasteiger partial charge in [0, 0.05) is 5.56 Å². The Labute approximate surface area is 160 Å². The number of nitrogens with zero attached hydrogens (tertiary/aromatic N) is 1. The van der Waals surface area contributed by atoms with E-state index in [1.165, 1.54) is 25.6 Å². The maximum Gasteiger partial charge on any atom is 0.206 e. The number of hydrogen-bond donors (Lipinski definition) is 2. The number of benzene rings is 2. The fourth-order valence-electron chi connectivity index (χ4n) is 2.52. The molecule has 0 atom stereocenters. The van der Waals surface area contributed by atoms with Gasteiger partial charge >= 0.3 is 0 Å². The predicted octanol–water partition coefficient (Wildman–Crippen LogP) is 3.73. The summed E-state index contributed by atoms with van der Waals surface area (Å²) in [5.41, 5.74) is 7.15. The molecule has 0 spiro atoms. The molecule has 0 aliphatic rings. The van der Waals surface area contributed by atoms with Crippen LogP contribution in [0.2, 0.25) is 0 Å². The quantitative estimate of drug-likeness (QED) is 0.598. The van der Waals surface area contributed by atoms with Gasteiger partial charge in [0.25, 0.3) is 0 Å². The van der Waals surface area contributed by atoms with Crippen molar-refractivity contribution in [3.05, 3.63) is 52.9 Å². The molecule has 27 heavy (non-hydrogen) atoms. The first-order chi connectivity index (χ1) is 13.1. The van der Waals surface area contributed by atoms with Crippen molar-refractivity contribution < 1.29 is 19.0 Å². The monoisotopic (exact) mass is 385 g/mol. The van der Waals surface area contributed by atoms with E-state index in [-0.39, 0.29) is 11.6 Å². The SMILES string of the molecule is COc1ccccc1Nc1nc(N)c(C(=O)c2ccc(OC)c(OC)c2)s1. The lowest BCUT2D eigenvalue weighted by molar-refractivity contribution is 0.104. The van der Waals surface area contributed by atoms with E-state index in [9.17, 15) is 4.79 Å². The first-order valence-corrected chi connectivity index (χ1v) is 8.82. The molecule has 0 saturated carbocycles. The van der Waals surface area contributed by atoms with Gasteiger partial charge in [0.15, 0.2) is 16.6 Å². The first-order valence-electron chi connectivity index (χ1n) is 8.00. The molecule has 0 aliphatic carbocycles. The van der Waals surface area contributed by atoms with Crippen molar-refractivity contribution in [2.24, 2.45) is 0 Å². The van der Waals surface area contributed by atoms with Gasteiger partial charge in [-0.05, 0) is 30.3 Å². The minimum atomic E-state index is -0.237. The first kappa shape index (κ1) is 18.5. The number of nitrogen functional groups attached to an aromatic ring is 1. The molecular formula is C19H19N3O4S. The second-order valence-electron chi connectivity index (χ2n) is 5.46. The molecule has 0 bridgehead atoms. The Hall–Kier alpha value is -3.26. The van der Waals surface area contributed by atoms with Crippen LogP contribution in [0.3, 0.4) is 0 Å². The van der Waals surface area contributed by atoms with E-state index in [0.717, 1.165) is 5.69 Å². The zero-order valence-electron chi connectivity index (χ0n) is 15.1. The average molecular weight is 385 g/mol. The van der Waals surface area contributed by atoms with Crippen LogP contribution in [0.4, 0.5) is 16.6 Å². The van der Waals surface area contributed by atoms with Gasteiger partial charge in [-0.25, -0.2) is 4.98 Å². The highest BCUT2D eigenvalue weighted by Gasteiger charge is 2.20. The van der Waals surface area contributed by atoms with Gasteiger partial charge in [0.05, 0.1) is 27.0 Å². The number of hydrogen-bond acceptors (Lipinski definition) is 8. The van der Waals surface area contributed by atoms with Crippen molar-refractivity contribution in [2.75, 3.05) is 32.4 Å². The molecule has 0 fully saturated rings. The molecule has 8 heteroatoms. The van der Waals surface area contributed by atoms with E-state index in [1.54, 1.807) is 25.3 Å². The number of thiazole rings is 1. The van der Waals surface area contributed by atoms with Crippen LogP contribution in [-0.2, 0) is 0 Å². The molecule has 3 N–H and O–H groups in total. The Bertz CT molecular complexity index is 971. The van der Waals surface area contributed by atoms with Gasteiger partial charge in [-0.15, -0.1) is 0 Å². The molecular weight excluding hydrogens is 366 g/mol. The number of aromatic nitrogens is 1. The highest BCUT2D eigenvalue weighted by molar-refractivity contribution is 7.18. The van der Waals surface area contributed by atoms with E-state index in [0.29, 0.717) is 32.8 Å². The second-order valence-corrected chi connectivity index (χ2v) is 6.46. The van der Waals surface area contributed by atoms with E-state index >= 15 is 0 Å². The minimum absolute atomic E-state index is 0.164. The number of para-hydroxylation sites is 2. The van der Waals surface area contributed by atoms with Gasteiger partial charge in [-0.1, -0.05) is 23.5 Å². The van der Waals surface area contributed by atoms with E-state index < -0.39 is 0 Å². The second kappa shape index (κ2) is 7.96. The summed E-state index contributed by atoms with van der Waals surface area (Å²) >= 11 is 1.18. The Morgan fingerprint density at radius 3 is 2.41 bits per heavy atom. The highest BCUT2D eigenvalue weighted by atomic mass is 32.1. The third-order valence-electron chi connectivity index (χ3n) is 3.85. The summed E-state index contributed by atoms with van der Waals surface area (Å²) in [6, 6.07) is 12.4. The van der Waals surface area contributed by atoms with Gasteiger partial charge in [0.1, 0.15) is 16.4 Å². The largest absolute Gasteiger partial charge is 0.495 e. The lowest BCUT2D eigenvalue weighted by atomic mass is 10.1. The Kier molecular flexibility index (Phi) is 5.46. The number of carbonyl (C=O) groups is 1. The highest BCUT2D eigenvalue weighted by Crippen LogP contribution is 2.34. The Morgan fingerprint density at radius 1 is 1.00 bits per heavy atom. The van der Waals surface area contributed by atoms with E-state index in [1.807, 2.05) is 24.3 Å². The minimum Gasteiger partial charge on any atom is -0.495 e. The topological polar surface area (TPSA) is 95.7 Å². The van der Waals surface area contributed by atoms with Gasteiger partial charge in [-0.3, -0.25) is 4.79 Å². The van der Waals surface area contributed by atoms with Gasteiger partial charge in [-0.2, -0.15) is 0 Å². The summed E-state index contributed by atoms with van der Waals surface area (Å²) < 4.78 is 15.8. The maximum absolute atomic E-state index is 12.9. The van der Waals surface area contributed by atoms with E-state index in [4.69, 9.17) is 19.9 Å². The van der Waals surface area contributed by atoms with Crippen molar-refractivity contribution in [2.45, 2.75) is 0 Å². The third-order valence-corrected chi connectivity index (χ3v) is 4.84. The summed E-state index contributed by atoms with van der Waals surface area (Å²) in [6.45, 7) is 0. The van der Waals surface area contributed by atoms with E-state index in [2.05, 4.69) is 10.3 Å². The number of anilines is 3. The smallest absolute Gasteiger partial charge is 0.206 e. The number of nitrogens with one attached hydrogen (secondary N) is 1. The molecule has 0 amide bonds. The number of ketones is 1. The number of ether oxygens (including phenoxy) is 3. The summed E-state index contributed by atoms with van der Waals surface area (Å²) in [7, 11) is 4.64. The van der Waals surface area contributed by atoms with Crippen LogP contribution in [0.25, 0.3) is 0 Å². The molecule has 140 valence electrons. The number of carbonyl (C=O) groups excluding carboxylic acids is 1. The normalized spacial score (nSPS) is 10.3. The molecule has 1 aromatic heterocycles. The molecule has 3 aromatic rings. The standard InChI is InChI=1S/C19H19N3O4S/c1-24-13-7-5-4-6-12(13)21-19-22-18(20)17(27-19)16(23)11-8-9-14(25-2)15(10-11)26-3/h4-10H,20H2,1-3H3,(H,21,22). The molecule has 7 nitrogen and oxygen atoms in total. The van der Waals surface area contributed by atoms with Gasteiger partial charge < -0.3 is 25.3 Å². The third kappa shape index (κ3) is 3.80. The molecule has 2 aromatic carbocycles. The number of rotatable bonds is 7. The van der Waals surface area contributed by atoms with Crippen molar-refractivity contribution >= 4 is 33.8 Å². The van der Waals surface area contributed by atoms with Crippen molar-refractivity contribution in [1.29, 1.82) is 0 Å². The van der Waals surface area contributed by atoms with Crippen LogP contribution in [0.5, 0.6) is 17.2 Å². The molecule has 0 radical (unpaired) electrons. The zero-order valence-corrected chi connectivity index (χ0v) is 15.9. The molecule has 0 aliphatic heterocycles. The Morgan fingerprint density at radius 2 is 1.70 bits per heavy atom. The predicted molar refractivity (Wildman–Crippen MR) is 106 cm³/mol. The average Bonchev–Trinajstić information content (AvgIpc) is 3.07. The van der Waals surface area contributed by atoms with Crippen molar-refractivity contribution in [3.8, 4) is 17.2 Å². The van der Waals surface area contributed by atoms with Crippen LogP contribution < -0.4 is 25.3 Å². The molecule has 3 rings (SSSR count). The molecule has 0 saturated heterocycles. The number of methoxy groups -OCH3 is 3.